The molecule has 0 aliphatic heterocycles. The average Bonchev–Trinajstić information content (AvgIpc) is 3.28. The summed E-state index contributed by atoms with van der Waals surface area (Å²) in [5, 5.41) is 19.1. The van der Waals surface area contributed by atoms with Crippen LogP contribution in [0.5, 0.6) is 0 Å². The number of aliphatic hydroxyl groups is 1. The molecule has 0 unspecified atom stereocenters. The number of benzene rings is 2. The molecule has 0 aromatic heterocycles. The summed E-state index contributed by atoms with van der Waals surface area (Å²) in [6.07, 6.45) is 6.10. The Morgan fingerprint density at radius 2 is 1.70 bits per heavy atom. The molecular formula is C23H29N3O3S. The highest BCUT2D eigenvalue weighted by molar-refractivity contribution is 7.91. The highest BCUT2D eigenvalue weighted by Crippen LogP contribution is 2.38. The molecular weight excluding hydrogens is 398 g/mol. The molecule has 0 spiro atoms. The lowest BCUT2D eigenvalue weighted by atomic mass is 9.94. The van der Waals surface area contributed by atoms with Crippen molar-refractivity contribution in [3.8, 4) is 0 Å². The first kappa shape index (κ1) is 21.0. The van der Waals surface area contributed by atoms with Crippen molar-refractivity contribution in [2.75, 3.05) is 5.32 Å². The Morgan fingerprint density at radius 3 is 2.23 bits per heavy atom. The minimum atomic E-state index is -3.41. The van der Waals surface area contributed by atoms with E-state index in [0.717, 1.165) is 49.8 Å². The number of nitrogens with one attached hydrogen (secondary N) is 1. The number of carbonyl (C=O) groups excluding carboxylic acids is 1. The van der Waals surface area contributed by atoms with Crippen molar-refractivity contribution in [2.24, 2.45) is 9.50 Å². The largest absolute Gasteiger partial charge is 0.386 e. The van der Waals surface area contributed by atoms with Gasteiger partial charge in [-0.15, -0.1) is 4.36 Å². The standard InChI is InChI=1S/C23H29N3O3S/c1-14-12-17(10-11-20(14)23(2,3)28)30(24,29)26-22(27)25-21-18-8-4-6-15(18)13-16-7-5-9-19(16)21/h10-13,28H,4-9H2,1-3H3,(H3,24,25,26,27,29)/t30-/m1/s1. The van der Waals surface area contributed by atoms with Crippen LogP contribution in [0.15, 0.2) is 33.5 Å². The van der Waals surface area contributed by atoms with Crippen LogP contribution in [-0.4, -0.2) is 15.3 Å². The lowest BCUT2D eigenvalue weighted by molar-refractivity contribution is 0.0778. The number of urea groups is 1. The molecule has 0 saturated heterocycles. The number of hydrogen-bond donors (Lipinski definition) is 3. The van der Waals surface area contributed by atoms with Crippen LogP contribution in [0.4, 0.5) is 10.5 Å². The Balaban J connectivity index is 1.66. The van der Waals surface area contributed by atoms with Gasteiger partial charge in [0.15, 0.2) is 0 Å². The number of rotatable bonds is 3. The van der Waals surface area contributed by atoms with Crippen LogP contribution < -0.4 is 10.5 Å². The predicted molar refractivity (Wildman–Crippen MR) is 119 cm³/mol. The summed E-state index contributed by atoms with van der Waals surface area (Å²) < 4.78 is 16.9. The monoisotopic (exact) mass is 427 g/mol. The van der Waals surface area contributed by atoms with Gasteiger partial charge in [0.2, 0.25) is 0 Å². The molecule has 0 heterocycles. The fourth-order valence-electron chi connectivity index (χ4n) is 4.78. The van der Waals surface area contributed by atoms with Crippen LogP contribution in [0.1, 0.15) is 60.1 Å². The third-order valence-corrected chi connectivity index (χ3v) is 7.48. The first-order valence-corrected chi connectivity index (χ1v) is 12.0. The highest BCUT2D eigenvalue weighted by Gasteiger charge is 2.25. The Bertz CT molecular complexity index is 1120. The molecule has 160 valence electrons. The van der Waals surface area contributed by atoms with E-state index in [1.165, 1.54) is 22.3 Å². The van der Waals surface area contributed by atoms with Crippen molar-refractivity contribution in [1.29, 1.82) is 0 Å². The van der Waals surface area contributed by atoms with Crippen molar-refractivity contribution in [1.82, 2.24) is 0 Å². The van der Waals surface area contributed by atoms with E-state index in [4.69, 9.17) is 5.14 Å². The van der Waals surface area contributed by atoms with Crippen LogP contribution in [0, 0.1) is 6.92 Å². The van der Waals surface area contributed by atoms with Gasteiger partial charge >= 0.3 is 6.03 Å². The quantitative estimate of drug-likeness (QED) is 0.686. The Labute approximate surface area is 178 Å². The van der Waals surface area contributed by atoms with Crippen LogP contribution in [-0.2, 0) is 41.2 Å². The lowest BCUT2D eigenvalue weighted by Gasteiger charge is -2.21. The topological polar surface area (TPSA) is 105 Å². The summed E-state index contributed by atoms with van der Waals surface area (Å²) in [4.78, 5) is 13.0. The second-order valence-electron chi connectivity index (χ2n) is 8.86. The highest BCUT2D eigenvalue weighted by atomic mass is 32.2. The van der Waals surface area contributed by atoms with Gasteiger partial charge in [0.1, 0.15) is 9.92 Å². The van der Waals surface area contributed by atoms with Gasteiger partial charge in [0, 0.05) is 5.69 Å². The number of nitrogens with two attached hydrogens (primary N) is 1. The fraction of sp³-hybridized carbons (Fsp3) is 0.435. The summed E-state index contributed by atoms with van der Waals surface area (Å²) in [5.41, 5.74) is 6.26. The Kier molecular flexibility index (Phi) is 5.24. The molecule has 7 heteroatoms. The van der Waals surface area contributed by atoms with Gasteiger partial charge in [-0.2, -0.15) is 0 Å². The molecule has 0 saturated carbocycles. The molecule has 0 bridgehead atoms. The van der Waals surface area contributed by atoms with Gasteiger partial charge in [-0.1, -0.05) is 12.1 Å². The summed E-state index contributed by atoms with van der Waals surface area (Å²) in [5.74, 6) is 0. The molecule has 30 heavy (non-hydrogen) atoms. The Hall–Kier alpha value is -2.22. The molecule has 6 nitrogen and oxygen atoms in total. The van der Waals surface area contributed by atoms with E-state index in [9.17, 15) is 14.1 Å². The SMILES string of the molecule is Cc1cc([S@](N)(=O)=NC(=O)Nc2c3c(cc4c2CCC4)CCC3)ccc1C(C)(C)O. The molecule has 4 rings (SSSR count). The molecule has 2 aromatic rings. The average molecular weight is 428 g/mol. The number of fused-ring (bicyclic) bond motifs is 2. The minimum Gasteiger partial charge on any atom is -0.386 e. The van der Waals surface area contributed by atoms with Crippen LogP contribution in [0.25, 0.3) is 0 Å². The van der Waals surface area contributed by atoms with Gasteiger partial charge < -0.3 is 10.4 Å². The van der Waals surface area contributed by atoms with Gasteiger partial charge in [0.05, 0.1) is 10.5 Å². The molecule has 4 N–H and O–H groups in total. The third-order valence-electron chi connectivity index (χ3n) is 6.12. The van der Waals surface area contributed by atoms with Gasteiger partial charge in [0.25, 0.3) is 0 Å². The van der Waals surface area contributed by atoms with E-state index in [2.05, 4.69) is 15.7 Å². The fourth-order valence-corrected chi connectivity index (χ4v) is 5.78. The van der Waals surface area contributed by atoms with E-state index in [-0.39, 0.29) is 4.90 Å². The number of nitrogens with zero attached hydrogens (tertiary/aromatic N) is 1. The zero-order valence-corrected chi connectivity index (χ0v) is 18.6. The van der Waals surface area contributed by atoms with Crippen molar-refractivity contribution in [3.05, 3.63) is 57.6 Å². The number of aryl methyl sites for hydroxylation is 3. The van der Waals surface area contributed by atoms with E-state index < -0.39 is 21.5 Å². The maximum Gasteiger partial charge on any atom is 0.354 e. The van der Waals surface area contributed by atoms with Crippen LogP contribution >= 0.6 is 0 Å². The lowest BCUT2D eigenvalue weighted by Crippen LogP contribution is -2.20. The van der Waals surface area contributed by atoms with E-state index in [0.29, 0.717) is 5.56 Å². The maximum absolute atomic E-state index is 13.1. The molecule has 2 amide bonds. The van der Waals surface area contributed by atoms with Crippen molar-refractivity contribution in [3.63, 3.8) is 0 Å². The number of carbonyl (C=O) groups is 1. The molecule has 2 aliphatic carbocycles. The van der Waals surface area contributed by atoms with Gasteiger partial charge in [-0.05, 0) is 105 Å². The summed E-state index contributed by atoms with van der Waals surface area (Å²) in [6, 6.07) is 6.49. The molecule has 0 radical (unpaired) electrons. The summed E-state index contributed by atoms with van der Waals surface area (Å²) >= 11 is 0. The van der Waals surface area contributed by atoms with Crippen LogP contribution in [0.2, 0.25) is 0 Å². The minimum absolute atomic E-state index is 0.270. The third kappa shape index (κ3) is 3.89. The number of anilines is 1. The molecule has 1 atom stereocenters. The number of hydrogen-bond acceptors (Lipinski definition) is 3. The van der Waals surface area contributed by atoms with Crippen molar-refractivity contribution < 1.29 is 14.1 Å². The zero-order valence-electron chi connectivity index (χ0n) is 17.7. The van der Waals surface area contributed by atoms with Gasteiger partial charge in [-0.25, -0.2) is 14.1 Å². The zero-order chi connectivity index (χ0) is 21.7. The van der Waals surface area contributed by atoms with E-state index in [1.54, 1.807) is 32.0 Å². The summed E-state index contributed by atoms with van der Waals surface area (Å²) in [7, 11) is -3.41. The van der Waals surface area contributed by atoms with E-state index in [1.807, 2.05) is 6.92 Å². The van der Waals surface area contributed by atoms with E-state index >= 15 is 0 Å². The molecule has 2 aliphatic rings. The summed E-state index contributed by atoms with van der Waals surface area (Å²) in [6.45, 7) is 5.18. The normalized spacial score (nSPS) is 17.2. The van der Waals surface area contributed by atoms with Crippen molar-refractivity contribution in [2.45, 2.75) is 69.8 Å². The second kappa shape index (κ2) is 7.48. The smallest absolute Gasteiger partial charge is 0.354 e. The molecule has 0 fully saturated rings. The first-order valence-electron chi connectivity index (χ1n) is 10.4. The maximum atomic E-state index is 13.1. The van der Waals surface area contributed by atoms with Crippen molar-refractivity contribution >= 4 is 21.6 Å². The molecule has 2 aromatic carbocycles. The van der Waals surface area contributed by atoms with Gasteiger partial charge in [-0.3, -0.25) is 0 Å². The van der Waals surface area contributed by atoms with Crippen LogP contribution in [0.3, 0.4) is 0 Å². The second-order valence-corrected chi connectivity index (χ2v) is 10.7. The number of amides is 2. The Morgan fingerprint density at radius 1 is 1.10 bits per heavy atom. The predicted octanol–water partition coefficient (Wildman–Crippen LogP) is 4.13. The first-order chi connectivity index (χ1) is 14.1.